The van der Waals surface area contributed by atoms with Gasteiger partial charge in [0.05, 0.1) is 25.4 Å². The van der Waals surface area contributed by atoms with Gasteiger partial charge in [0.25, 0.3) is 0 Å². The lowest BCUT2D eigenvalue weighted by Crippen LogP contribution is -2.49. The summed E-state index contributed by atoms with van der Waals surface area (Å²) in [5.41, 5.74) is 0. The van der Waals surface area contributed by atoms with E-state index in [9.17, 15) is 0 Å². The van der Waals surface area contributed by atoms with Gasteiger partial charge in [-0.1, -0.05) is 11.6 Å². The Bertz CT molecular complexity index is 481. The minimum atomic E-state index is -0.0578. The van der Waals surface area contributed by atoms with Crippen LogP contribution in [0.1, 0.15) is 6.92 Å². The molecule has 7 heteroatoms. The molecule has 102 valence electrons. The fraction of sp³-hybridized carbons (Fsp3) is 0.583. The molecule has 0 radical (unpaired) electrons. The molecule has 1 aliphatic rings. The highest BCUT2D eigenvalue weighted by Crippen LogP contribution is 2.25. The van der Waals surface area contributed by atoms with Gasteiger partial charge in [-0.2, -0.15) is 10.2 Å². The van der Waals surface area contributed by atoms with Crippen LogP contribution in [0.4, 0.5) is 5.82 Å². The number of piperazine rings is 1. The van der Waals surface area contributed by atoms with E-state index in [2.05, 4.69) is 25.8 Å². The molecule has 1 aromatic heterocycles. The van der Waals surface area contributed by atoms with E-state index in [1.54, 1.807) is 6.20 Å². The smallest absolute Gasteiger partial charge is 0.318 e. The lowest BCUT2D eigenvalue weighted by atomic mass is 10.2. The van der Waals surface area contributed by atoms with Gasteiger partial charge in [-0.3, -0.25) is 4.90 Å². The molecule has 2 rings (SSSR count). The Balaban J connectivity index is 2.07. The monoisotopic (exact) mass is 281 g/mol. The highest BCUT2D eigenvalue weighted by molar-refractivity contribution is 6.32. The minimum absolute atomic E-state index is 0.0578. The van der Waals surface area contributed by atoms with Crippen molar-refractivity contribution in [2.45, 2.75) is 13.0 Å². The number of hydrogen-bond acceptors (Lipinski definition) is 6. The van der Waals surface area contributed by atoms with E-state index in [-0.39, 0.29) is 6.04 Å². The molecule has 0 aliphatic carbocycles. The molecule has 6 nitrogen and oxygen atoms in total. The number of anilines is 1. The summed E-state index contributed by atoms with van der Waals surface area (Å²) in [6, 6.07) is 2.51. The van der Waals surface area contributed by atoms with Gasteiger partial charge in [0.15, 0.2) is 5.82 Å². The van der Waals surface area contributed by atoms with Gasteiger partial charge < -0.3 is 9.64 Å². The van der Waals surface area contributed by atoms with E-state index in [4.69, 9.17) is 21.6 Å². The number of nitrogens with zero attached hydrogens (tertiary/aromatic N) is 5. The zero-order valence-electron chi connectivity index (χ0n) is 11.0. The predicted octanol–water partition coefficient (Wildman–Crippen LogP) is 1.17. The van der Waals surface area contributed by atoms with Crippen LogP contribution in [0.3, 0.4) is 0 Å². The first kappa shape index (κ1) is 13.8. The second kappa shape index (κ2) is 6.04. The maximum absolute atomic E-state index is 8.92. The molecule has 1 fully saturated rings. The van der Waals surface area contributed by atoms with Crippen molar-refractivity contribution in [2.24, 2.45) is 0 Å². The number of methoxy groups -OCH3 is 1. The molecule has 0 N–H and O–H groups in total. The zero-order chi connectivity index (χ0) is 13.8. The van der Waals surface area contributed by atoms with Crippen LogP contribution in [-0.2, 0) is 0 Å². The summed E-state index contributed by atoms with van der Waals surface area (Å²) in [6.45, 7) is 5.11. The molecule has 1 saturated heterocycles. The van der Waals surface area contributed by atoms with Crippen LogP contribution in [0.25, 0.3) is 0 Å². The number of rotatable bonds is 3. The van der Waals surface area contributed by atoms with Crippen molar-refractivity contribution < 1.29 is 4.74 Å². The molecule has 0 saturated carbocycles. The van der Waals surface area contributed by atoms with Crippen LogP contribution >= 0.6 is 11.6 Å². The summed E-state index contributed by atoms with van der Waals surface area (Å²) < 4.78 is 5.02. The van der Waals surface area contributed by atoms with Crippen LogP contribution in [-0.4, -0.2) is 54.2 Å². The van der Waals surface area contributed by atoms with Gasteiger partial charge in [-0.05, 0) is 6.92 Å². The first-order valence-corrected chi connectivity index (χ1v) is 6.48. The van der Waals surface area contributed by atoms with Crippen molar-refractivity contribution in [1.82, 2.24) is 14.9 Å². The summed E-state index contributed by atoms with van der Waals surface area (Å²) >= 11 is 6.12. The number of nitriles is 1. The van der Waals surface area contributed by atoms with E-state index in [0.29, 0.717) is 16.9 Å². The molecule has 1 aromatic rings. The number of hydrogen-bond donors (Lipinski definition) is 0. The Morgan fingerprint density at radius 2 is 2.11 bits per heavy atom. The van der Waals surface area contributed by atoms with Crippen LogP contribution < -0.4 is 9.64 Å². The van der Waals surface area contributed by atoms with Crippen LogP contribution in [0, 0.1) is 11.3 Å². The van der Waals surface area contributed by atoms with Gasteiger partial charge in [0.2, 0.25) is 0 Å². The average Bonchev–Trinajstić information content (AvgIpc) is 2.47. The molecule has 2 heterocycles. The second-order valence-corrected chi connectivity index (χ2v) is 4.76. The Hall–Kier alpha value is -1.58. The third-order valence-electron chi connectivity index (χ3n) is 3.23. The Morgan fingerprint density at radius 1 is 1.42 bits per heavy atom. The molecule has 0 aromatic carbocycles. The Labute approximate surface area is 117 Å². The minimum Gasteiger partial charge on any atom is -0.467 e. The molecular formula is C12H16ClN5O. The molecular weight excluding hydrogens is 266 g/mol. The number of ether oxygens (including phenoxy) is 1. The Kier molecular flexibility index (Phi) is 4.40. The lowest BCUT2D eigenvalue weighted by molar-refractivity contribution is 0.231. The fourth-order valence-electron chi connectivity index (χ4n) is 2.07. The molecule has 1 unspecified atom stereocenters. The van der Waals surface area contributed by atoms with Crippen LogP contribution in [0.15, 0.2) is 6.20 Å². The van der Waals surface area contributed by atoms with E-state index in [1.165, 1.54) is 7.11 Å². The summed E-state index contributed by atoms with van der Waals surface area (Å²) in [4.78, 5) is 12.5. The van der Waals surface area contributed by atoms with E-state index < -0.39 is 0 Å². The third-order valence-corrected chi connectivity index (χ3v) is 3.50. The van der Waals surface area contributed by atoms with E-state index in [1.807, 2.05) is 6.92 Å². The molecule has 19 heavy (non-hydrogen) atoms. The van der Waals surface area contributed by atoms with Crippen molar-refractivity contribution in [2.75, 3.05) is 38.2 Å². The van der Waals surface area contributed by atoms with Crippen molar-refractivity contribution >= 4 is 17.4 Å². The summed E-state index contributed by atoms with van der Waals surface area (Å²) in [7, 11) is 1.53. The maximum atomic E-state index is 8.92. The van der Waals surface area contributed by atoms with Gasteiger partial charge in [-0.15, -0.1) is 0 Å². The quantitative estimate of drug-likeness (QED) is 0.829. The van der Waals surface area contributed by atoms with Crippen molar-refractivity contribution in [3.8, 4) is 12.1 Å². The summed E-state index contributed by atoms with van der Waals surface area (Å²) in [5.74, 6) is 0.692. The highest BCUT2D eigenvalue weighted by Gasteiger charge is 2.23. The van der Waals surface area contributed by atoms with E-state index >= 15 is 0 Å². The number of halogens is 1. The first-order chi connectivity index (χ1) is 9.15. The number of aromatic nitrogens is 2. The van der Waals surface area contributed by atoms with Crippen molar-refractivity contribution in [3.63, 3.8) is 0 Å². The summed E-state index contributed by atoms with van der Waals surface area (Å²) in [5, 5.41) is 9.44. The molecule has 1 aliphatic heterocycles. The average molecular weight is 282 g/mol. The highest BCUT2D eigenvalue weighted by atomic mass is 35.5. The fourth-order valence-corrected chi connectivity index (χ4v) is 2.28. The third kappa shape index (κ3) is 3.06. The summed E-state index contributed by atoms with van der Waals surface area (Å²) in [6.07, 6.45) is 1.55. The van der Waals surface area contributed by atoms with Crippen LogP contribution in [0.2, 0.25) is 5.02 Å². The van der Waals surface area contributed by atoms with Gasteiger partial charge in [-0.25, -0.2) is 4.98 Å². The standard InChI is InChI=1S/C12H16ClN5O/c1-9(7-14)17-3-5-18(6-4-17)11-10(13)8-15-12(16-11)19-2/h8-9H,3-6H2,1-2H3. The lowest BCUT2D eigenvalue weighted by Gasteiger charge is -2.36. The first-order valence-electron chi connectivity index (χ1n) is 6.11. The van der Waals surface area contributed by atoms with Crippen LogP contribution in [0.5, 0.6) is 6.01 Å². The Morgan fingerprint density at radius 3 is 2.68 bits per heavy atom. The molecule has 0 bridgehead atoms. The second-order valence-electron chi connectivity index (χ2n) is 4.36. The van der Waals surface area contributed by atoms with Gasteiger partial charge >= 0.3 is 6.01 Å². The topological polar surface area (TPSA) is 65.3 Å². The zero-order valence-corrected chi connectivity index (χ0v) is 11.8. The SMILES string of the molecule is COc1ncc(Cl)c(N2CCN(C(C)C#N)CC2)n1. The normalized spacial score (nSPS) is 17.9. The van der Waals surface area contributed by atoms with Crippen molar-refractivity contribution in [1.29, 1.82) is 5.26 Å². The van der Waals surface area contributed by atoms with Gasteiger partial charge in [0, 0.05) is 26.2 Å². The van der Waals surface area contributed by atoms with E-state index in [0.717, 1.165) is 26.2 Å². The van der Waals surface area contributed by atoms with Gasteiger partial charge in [0.1, 0.15) is 5.02 Å². The molecule has 0 amide bonds. The van der Waals surface area contributed by atoms with Crippen molar-refractivity contribution in [3.05, 3.63) is 11.2 Å². The largest absolute Gasteiger partial charge is 0.467 e. The maximum Gasteiger partial charge on any atom is 0.318 e. The molecule has 0 spiro atoms. The molecule has 1 atom stereocenters. The predicted molar refractivity (Wildman–Crippen MR) is 72.5 cm³/mol.